The molecule has 1 aromatic carbocycles. The molecule has 0 aromatic heterocycles. The minimum absolute atomic E-state index is 0.0131. The third kappa shape index (κ3) is 4.48. The van der Waals surface area contributed by atoms with Crippen LogP contribution < -0.4 is 10.6 Å². The van der Waals surface area contributed by atoms with Crippen LogP contribution in [0.5, 0.6) is 0 Å². The van der Waals surface area contributed by atoms with Crippen LogP contribution in [-0.2, 0) is 11.3 Å². The van der Waals surface area contributed by atoms with E-state index < -0.39 is 5.41 Å². The van der Waals surface area contributed by atoms with Crippen LogP contribution in [0.2, 0.25) is 10.0 Å². The Kier molecular flexibility index (Phi) is 5.45. The molecule has 0 spiro atoms. The molecule has 0 heterocycles. The Hall–Kier alpha value is -0.770. The lowest BCUT2D eigenvalue weighted by Crippen LogP contribution is -2.41. The van der Waals surface area contributed by atoms with Gasteiger partial charge in [0.2, 0.25) is 5.91 Å². The molecule has 0 unspecified atom stereocenters. The normalized spacial score (nSPS) is 11.4. The van der Waals surface area contributed by atoms with Gasteiger partial charge in [-0.3, -0.25) is 4.79 Å². The molecule has 0 saturated carbocycles. The van der Waals surface area contributed by atoms with E-state index in [9.17, 15) is 4.79 Å². The standard InChI is InChI=1S/C13H18Cl2N2O/c1-13(2,12(18)16-3)8-17-7-9-4-10(14)6-11(15)5-9/h4-6,17H,7-8H2,1-3H3,(H,16,18). The highest BCUT2D eigenvalue weighted by Gasteiger charge is 2.25. The largest absolute Gasteiger partial charge is 0.359 e. The smallest absolute Gasteiger partial charge is 0.226 e. The number of hydrogen-bond acceptors (Lipinski definition) is 2. The molecular formula is C13H18Cl2N2O. The summed E-state index contributed by atoms with van der Waals surface area (Å²) in [7, 11) is 1.64. The van der Waals surface area contributed by atoms with Crippen LogP contribution in [0.15, 0.2) is 18.2 Å². The topological polar surface area (TPSA) is 41.1 Å². The molecule has 0 radical (unpaired) electrons. The molecule has 0 aliphatic carbocycles. The van der Waals surface area contributed by atoms with Gasteiger partial charge in [0.15, 0.2) is 0 Å². The van der Waals surface area contributed by atoms with Crippen molar-refractivity contribution >= 4 is 29.1 Å². The summed E-state index contributed by atoms with van der Waals surface area (Å²) in [5.74, 6) is 0.0131. The number of rotatable bonds is 5. The highest BCUT2D eigenvalue weighted by atomic mass is 35.5. The van der Waals surface area contributed by atoms with Gasteiger partial charge in [0.25, 0.3) is 0 Å². The molecule has 0 aliphatic heterocycles. The number of benzene rings is 1. The van der Waals surface area contributed by atoms with Gasteiger partial charge in [-0.15, -0.1) is 0 Å². The summed E-state index contributed by atoms with van der Waals surface area (Å²) in [4.78, 5) is 11.6. The number of carbonyl (C=O) groups excluding carboxylic acids is 1. The molecule has 100 valence electrons. The summed E-state index contributed by atoms with van der Waals surface area (Å²) >= 11 is 11.8. The Morgan fingerprint density at radius 3 is 2.28 bits per heavy atom. The summed E-state index contributed by atoms with van der Waals surface area (Å²) < 4.78 is 0. The third-order valence-electron chi connectivity index (χ3n) is 2.66. The zero-order chi connectivity index (χ0) is 13.8. The maximum absolute atomic E-state index is 11.6. The van der Waals surface area contributed by atoms with Gasteiger partial charge < -0.3 is 10.6 Å². The zero-order valence-corrected chi connectivity index (χ0v) is 12.3. The van der Waals surface area contributed by atoms with Crippen LogP contribution >= 0.6 is 23.2 Å². The quantitative estimate of drug-likeness (QED) is 0.875. The SMILES string of the molecule is CNC(=O)C(C)(C)CNCc1cc(Cl)cc(Cl)c1. The van der Waals surface area contributed by atoms with Crippen LogP contribution in [-0.4, -0.2) is 19.5 Å². The zero-order valence-electron chi connectivity index (χ0n) is 10.8. The minimum atomic E-state index is -0.447. The Morgan fingerprint density at radius 2 is 1.78 bits per heavy atom. The van der Waals surface area contributed by atoms with E-state index in [1.54, 1.807) is 13.1 Å². The van der Waals surface area contributed by atoms with Crippen LogP contribution in [0.4, 0.5) is 0 Å². The van der Waals surface area contributed by atoms with E-state index in [4.69, 9.17) is 23.2 Å². The summed E-state index contributed by atoms with van der Waals surface area (Å²) in [6.07, 6.45) is 0. The molecule has 0 aliphatic rings. The second-order valence-electron chi connectivity index (χ2n) is 4.84. The summed E-state index contributed by atoms with van der Waals surface area (Å²) in [6.45, 7) is 4.99. The van der Waals surface area contributed by atoms with Gasteiger partial charge in [0, 0.05) is 30.2 Å². The fourth-order valence-electron chi connectivity index (χ4n) is 1.65. The molecule has 0 saturated heterocycles. The van der Waals surface area contributed by atoms with E-state index in [0.29, 0.717) is 23.1 Å². The predicted octanol–water partition coefficient (Wildman–Crippen LogP) is 2.86. The van der Waals surface area contributed by atoms with E-state index >= 15 is 0 Å². The lowest BCUT2D eigenvalue weighted by Gasteiger charge is -2.23. The average molecular weight is 289 g/mol. The van der Waals surface area contributed by atoms with Crippen molar-refractivity contribution in [3.63, 3.8) is 0 Å². The van der Waals surface area contributed by atoms with Gasteiger partial charge in [-0.2, -0.15) is 0 Å². The van der Waals surface area contributed by atoms with Crippen molar-refractivity contribution in [2.45, 2.75) is 20.4 Å². The Labute approximate surface area is 118 Å². The van der Waals surface area contributed by atoms with E-state index in [1.165, 1.54) is 0 Å². The predicted molar refractivity (Wildman–Crippen MR) is 76.0 cm³/mol. The van der Waals surface area contributed by atoms with E-state index in [1.807, 2.05) is 26.0 Å². The van der Waals surface area contributed by atoms with E-state index in [-0.39, 0.29) is 5.91 Å². The lowest BCUT2D eigenvalue weighted by molar-refractivity contribution is -0.128. The number of nitrogens with one attached hydrogen (secondary N) is 2. The van der Waals surface area contributed by atoms with Crippen LogP contribution in [0.1, 0.15) is 19.4 Å². The average Bonchev–Trinajstić information content (AvgIpc) is 2.26. The molecule has 0 fully saturated rings. The first-order valence-electron chi connectivity index (χ1n) is 5.73. The highest BCUT2D eigenvalue weighted by molar-refractivity contribution is 6.34. The molecule has 1 aromatic rings. The fraction of sp³-hybridized carbons (Fsp3) is 0.462. The molecule has 1 rings (SSSR count). The van der Waals surface area contributed by atoms with Gasteiger partial charge in [-0.25, -0.2) is 0 Å². The summed E-state index contributed by atoms with van der Waals surface area (Å²) in [6, 6.07) is 5.40. The number of hydrogen-bond donors (Lipinski definition) is 2. The Bertz CT molecular complexity index is 413. The summed E-state index contributed by atoms with van der Waals surface area (Å²) in [5, 5.41) is 7.12. The first-order valence-corrected chi connectivity index (χ1v) is 6.48. The van der Waals surface area contributed by atoms with Gasteiger partial charge in [0.05, 0.1) is 5.41 Å². The van der Waals surface area contributed by atoms with Crippen molar-refractivity contribution in [2.24, 2.45) is 5.41 Å². The Balaban J connectivity index is 2.53. The third-order valence-corrected chi connectivity index (χ3v) is 3.10. The van der Waals surface area contributed by atoms with Gasteiger partial charge in [-0.1, -0.05) is 23.2 Å². The van der Waals surface area contributed by atoms with Crippen molar-refractivity contribution in [1.29, 1.82) is 0 Å². The second-order valence-corrected chi connectivity index (χ2v) is 5.72. The summed E-state index contributed by atoms with van der Waals surface area (Å²) in [5.41, 5.74) is 0.553. The maximum atomic E-state index is 11.6. The molecule has 0 bridgehead atoms. The number of carbonyl (C=O) groups is 1. The van der Waals surface area contributed by atoms with Gasteiger partial charge in [-0.05, 0) is 37.6 Å². The first-order chi connectivity index (χ1) is 8.35. The first kappa shape index (κ1) is 15.3. The maximum Gasteiger partial charge on any atom is 0.226 e. The van der Waals surface area contributed by atoms with Crippen molar-refractivity contribution < 1.29 is 4.79 Å². The van der Waals surface area contributed by atoms with Crippen LogP contribution in [0.25, 0.3) is 0 Å². The Morgan fingerprint density at radius 1 is 1.22 bits per heavy atom. The van der Waals surface area contributed by atoms with E-state index in [0.717, 1.165) is 5.56 Å². The van der Waals surface area contributed by atoms with Crippen molar-refractivity contribution in [1.82, 2.24) is 10.6 Å². The monoisotopic (exact) mass is 288 g/mol. The van der Waals surface area contributed by atoms with Crippen molar-refractivity contribution in [3.05, 3.63) is 33.8 Å². The molecule has 0 atom stereocenters. The highest BCUT2D eigenvalue weighted by Crippen LogP contribution is 2.19. The minimum Gasteiger partial charge on any atom is -0.359 e. The lowest BCUT2D eigenvalue weighted by atomic mass is 9.92. The molecule has 2 N–H and O–H groups in total. The number of amides is 1. The van der Waals surface area contributed by atoms with Gasteiger partial charge >= 0.3 is 0 Å². The van der Waals surface area contributed by atoms with Crippen molar-refractivity contribution in [2.75, 3.05) is 13.6 Å². The van der Waals surface area contributed by atoms with Crippen LogP contribution in [0.3, 0.4) is 0 Å². The number of halogens is 2. The molecule has 18 heavy (non-hydrogen) atoms. The molecule has 1 amide bonds. The second kappa shape index (κ2) is 6.41. The van der Waals surface area contributed by atoms with Crippen molar-refractivity contribution in [3.8, 4) is 0 Å². The molecule has 3 nitrogen and oxygen atoms in total. The van der Waals surface area contributed by atoms with E-state index in [2.05, 4.69) is 10.6 Å². The molecule has 5 heteroatoms. The van der Waals surface area contributed by atoms with Crippen LogP contribution in [0, 0.1) is 5.41 Å². The molecular weight excluding hydrogens is 271 g/mol. The fourth-order valence-corrected chi connectivity index (χ4v) is 2.22. The van der Waals surface area contributed by atoms with Gasteiger partial charge in [0.1, 0.15) is 0 Å².